The summed E-state index contributed by atoms with van der Waals surface area (Å²) in [4.78, 5) is 41.6. The largest absolute Gasteiger partial charge is 0.480 e. The minimum Gasteiger partial charge on any atom is -0.480 e. The first-order valence-electron chi connectivity index (χ1n) is 17.6. The van der Waals surface area contributed by atoms with Gasteiger partial charge in [0, 0.05) is 13.0 Å². The zero-order valence-corrected chi connectivity index (χ0v) is 29.6. The van der Waals surface area contributed by atoms with Gasteiger partial charge in [-0.25, -0.2) is 9.59 Å². The zero-order chi connectivity index (χ0) is 36.7. The van der Waals surface area contributed by atoms with Gasteiger partial charge >= 0.3 is 12.1 Å². The maximum absolute atomic E-state index is 14.3. The van der Waals surface area contributed by atoms with Gasteiger partial charge in [0.15, 0.2) is 0 Å². The van der Waals surface area contributed by atoms with Crippen molar-refractivity contribution in [3.8, 4) is 11.1 Å². The Labute approximate surface area is 305 Å². The molecule has 0 bridgehead atoms. The molecule has 8 nitrogen and oxygen atoms in total. The van der Waals surface area contributed by atoms with Crippen molar-refractivity contribution in [2.75, 3.05) is 20.3 Å². The molecule has 0 saturated carbocycles. The molecule has 1 aliphatic rings. The number of benzene rings is 5. The number of hydrogen-bond donors (Lipinski definition) is 2. The topological polar surface area (TPSA) is 105 Å². The molecule has 52 heavy (non-hydrogen) atoms. The van der Waals surface area contributed by atoms with Gasteiger partial charge in [0.1, 0.15) is 24.3 Å². The van der Waals surface area contributed by atoms with Crippen LogP contribution in [0.5, 0.6) is 0 Å². The normalized spacial score (nSPS) is 13.5. The van der Waals surface area contributed by atoms with Gasteiger partial charge in [-0.2, -0.15) is 0 Å². The fourth-order valence-corrected chi connectivity index (χ4v) is 7.20. The van der Waals surface area contributed by atoms with Crippen molar-refractivity contribution < 1.29 is 29.0 Å². The molecule has 8 heteroatoms. The van der Waals surface area contributed by atoms with Crippen LogP contribution in [-0.4, -0.2) is 60.3 Å². The van der Waals surface area contributed by atoms with E-state index in [-0.39, 0.29) is 31.5 Å². The van der Waals surface area contributed by atoms with Gasteiger partial charge in [0.25, 0.3) is 0 Å². The average molecular weight is 697 g/mol. The number of fused-ring (bicyclic) bond motifs is 3. The zero-order valence-electron chi connectivity index (χ0n) is 29.6. The molecule has 0 aromatic heterocycles. The van der Waals surface area contributed by atoms with E-state index in [0.29, 0.717) is 0 Å². The number of likely N-dealkylation sites (N-methyl/N-ethyl adjacent to an activating group) is 1. The van der Waals surface area contributed by atoms with Crippen LogP contribution in [-0.2, 0) is 24.7 Å². The van der Waals surface area contributed by atoms with Crippen molar-refractivity contribution in [2.45, 2.75) is 43.9 Å². The average Bonchev–Trinajstić information content (AvgIpc) is 3.50. The third-order valence-electron chi connectivity index (χ3n) is 9.74. The Kier molecular flexibility index (Phi) is 11.2. The van der Waals surface area contributed by atoms with Crippen LogP contribution in [0.3, 0.4) is 0 Å². The van der Waals surface area contributed by atoms with Crippen molar-refractivity contribution >= 4 is 18.0 Å². The Morgan fingerprint density at radius 1 is 0.712 bits per heavy atom. The summed E-state index contributed by atoms with van der Waals surface area (Å²) in [5, 5.41) is 12.9. The summed E-state index contributed by atoms with van der Waals surface area (Å²) in [5.41, 5.74) is 5.57. The molecular formula is C44H44N2O6. The summed E-state index contributed by atoms with van der Waals surface area (Å²) in [6.07, 6.45) is -0.573. The summed E-state index contributed by atoms with van der Waals surface area (Å²) < 4.78 is 12.8. The summed E-state index contributed by atoms with van der Waals surface area (Å²) in [7, 11) is 1.45. The van der Waals surface area contributed by atoms with Gasteiger partial charge in [-0.15, -0.1) is 0 Å². The fraction of sp³-hybridized carbons (Fsp3) is 0.250. The number of hydrogen-bond acceptors (Lipinski definition) is 5. The van der Waals surface area contributed by atoms with Crippen molar-refractivity contribution in [3.05, 3.63) is 167 Å². The lowest BCUT2D eigenvalue weighted by atomic mass is 9.80. The van der Waals surface area contributed by atoms with Crippen LogP contribution >= 0.6 is 0 Å². The molecule has 5 aromatic rings. The number of amides is 2. The molecule has 0 radical (unpaired) electrons. The molecule has 5 aromatic carbocycles. The summed E-state index contributed by atoms with van der Waals surface area (Å²) in [6.45, 7) is 3.56. The first-order chi connectivity index (χ1) is 25.2. The first-order valence-corrected chi connectivity index (χ1v) is 17.6. The Morgan fingerprint density at radius 2 is 1.15 bits per heavy atom. The molecule has 0 aliphatic heterocycles. The molecule has 6 rings (SSSR count). The van der Waals surface area contributed by atoms with Crippen molar-refractivity contribution in [1.82, 2.24) is 10.2 Å². The molecule has 2 N–H and O–H groups in total. The molecule has 0 saturated heterocycles. The summed E-state index contributed by atoms with van der Waals surface area (Å²) >= 11 is 0. The highest BCUT2D eigenvalue weighted by Crippen LogP contribution is 2.45. The SMILES string of the molecule is CC(C)C[C@@H](C(=O)O)N(C)C(=O)[C@H](COC(c1ccccc1)(c1ccccc1)c1ccccc1)NC(=O)OCC1c2ccccc2-c2ccccc21. The van der Waals surface area contributed by atoms with Crippen LogP contribution in [0, 0.1) is 5.92 Å². The molecule has 0 fully saturated rings. The monoisotopic (exact) mass is 696 g/mol. The Bertz CT molecular complexity index is 1840. The second kappa shape index (κ2) is 16.1. The van der Waals surface area contributed by atoms with E-state index in [1.165, 1.54) is 11.9 Å². The van der Waals surface area contributed by atoms with Gasteiger partial charge < -0.3 is 24.8 Å². The molecule has 1 aliphatic carbocycles. The maximum atomic E-state index is 14.3. The smallest absolute Gasteiger partial charge is 0.407 e. The molecule has 2 atom stereocenters. The lowest BCUT2D eigenvalue weighted by molar-refractivity contribution is -0.151. The lowest BCUT2D eigenvalue weighted by Gasteiger charge is -2.37. The highest BCUT2D eigenvalue weighted by Gasteiger charge is 2.41. The minimum absolute atomic E-state index is 0.00281. The van der Waals surface area contributed by atoms with Gasteiger partial charge in [-0.05, 0) is 51.3 Å². The van der Waals surface area contributed by atoms with Gasteiger partial charge in [0.05, 0.1) is 6.61 Å². The highest BCUT2D eigenvalue weighted by atomic mass is 16.6. The van der Waals surface area contributed by atoms with E-state index in [9.17, 15) is 19.5 Å². The van der Waals surface area contributed by atoms with E-state index in [1.807, 2.05) is 141 Å². The third-order valence-corrected chi connectivity index (χ3v) is 9.74. The number of nitrogens with zero attached hydrogens (tertiary/aromatic N) is 1. The van der Waals surface area contributed by atoms with E-state index >= 15 is 0 Å². The van der Waals surface area contributed by atoms with E-state index < -0.39 is 35.7 Å². The minimum atomic E-state index is -1.29. The third kappa shape index (κ3) is 7.48. The van der Waals surface area contributed by atoms with E-state index in [0.717, 1.165) is 38.9 Å². The predicted molar refractivity (Wildman–Crippen MR) is 201 cm³/mol. The summed E-state index contributed by atoms with van der Waals surface area (Å²) in [6, 6.07) is 42.8. The Hall–Kier alpha value is -5.73. The number of nitrogens with one attached hydrogen (secondary N) is 1. The summed E-state index contributed by atoms with van der Waals surface area (Å²) in [5.74, 6) is -1.92. The highest BCUT2D eigenvalue weighted by molar-refractivity contribution is 5.89. The quantitative estimate of drug-likeness (QED) is 0.115. The van der Waals surface area contributed by atoms with Crippen molar-refractivity contribution in [2.24, 2.45) is 5.92 Å². The predicted octanol–water partition coefficient (Wildman–Crippen LogP) is 7.86. The van der Waals surface area contributed by atoms with Crippen molar-refractivity contribution in [1.29, 1.82) is 0 Å². The number of rotatable bonds is 14. The van der Waals surface area contributed by atoms with E-state index in [4.69, 9.17) is 9.47 Å². The van der Waals surface area contributed by atoms with Crippen LogP contribution in [0.25, 0.3) is 11.1 Å². The van der Waals surface area contributed by atoms with Gasteiger partial charge in [-0.3, -0.25) is 4.79 Å². The molecule has 2 amide bonds. The number of carboxylic acids is 1. The van der Waals surface area contributed by atoms with Crippen molar-refractivity contribution in [3.63, 3.8) is 0 Å². The molecule has 0 spiro atoms. The fourth-order valence-electron chi connectivity index (χ4n) is 7.20. The number of carbonyl (C=O) groups is 3. The van der Waals surface area contributed by atoms with E-state index in [1.54, 1.807) is 0 Å². The van der Waals surface area contributed by atoms with Crippen LogP contribution in [0.15, 0.2) is 140 Å². The standard InChI is InChI=1S/C44H44N2O6/c1-30(2)27-40(42(48)49)46(3)41(47)39(45-43(50)51-28-38-36-25-15-13-23-34(36)35-24-14-16-26-37(35)38)29-52-44(31-17-7-4-8-18-31,32-19-9-5-10-20-32)33-21-11-6-12-22-33/h4-26,30,38-40H,27-29H2,1-3H3,(H,45,50)(H,48,49)/t39-,40-/m0/s1. The second-order valence-electron chi connectivity index (χ2n) is 13.5. The number of ether oxygens (including phenoxy) is 2. The van der Waals surface area contributed by atoms with Gasteiger partial charge in [-0.1, -0.05) is 153 Å². The van der Waals surface area contributed by atoms with Crippen LogP contribution in [0.2, 0.25) is 0 Å². The number of carbonyl (C=O) groups excluding carboxylic acids is 2. The van der Waals surface area contributed by atoms with Crippen LogP contribution < -0.4 is 5.32 Å². The maximum Gasteiger partial charge on any atom is 0.407 e. The lowest BCUT2D eigenvalue weighted by Crippen LogP contribution is -2.55. The molecule has 0 heterocycles. The number of alkyl carbamates (subject to hydrolysis) is 1. The van der Waals surface area contributed by atoms with E-state index in [2.05, 4.69) is 17.4 Å². The first kappa shape index (κ1) is 36.1. The molecule has 266 valence electrons. The Balaban J connectivity index is 1.33. The number of aliphatic carboxylic acids is 1. The second-order valence-corrected chi connectivity index (χ2v) is 13.5. The number of carboxylic acid groups (broad SMARTS) is 1. The Morgan fingerprint density at radius 3 is 1.60 bits per heavy atom. The molecular weight excluding hydrogens is 652 g/mol. The van der Waals surface area contributed by atoms with Crippen LogP contribution in [0.4, 0.5) is 4.79 Å². The molecule has 0 unspecified atom stereocenters. The van der Waals surface area contributed by atoms with Crippen LogP contribution in [0.1, 0.15) is 54.0 Å². The van der Waals surface area contributed by atoms with Gasteiger partial charge in [0.2, 0.25) is 5.91 Å².